The van der Waals surface area contributed by atoms with Crippen molar-refractivity contribution in [1.82, 2.24) is 10.2 Å². The molecule has 4 aliphatic rings. The van der Waals surface area contributed by atoms with Crippen LogP contribution in [0.1, 0.15) is 43.9 Å². The number of hydrogen-bond acceptors (Lipinski definition) is 4. The molecule has 1 N–H and O–H groups in total. The molecule has 2 aromatic rings. The van der Waals surface area contributed by atoms with Crippen LogP contribution in [0.3, 0.4) is 0 Å². The van der Waals surface area contributed by atoms with E-state index in [1.165, 1.54) is 0 Å². The maximum atomic E-state index is 12.9. The highest BCUT2D eigenvalue weighted by Crippen LogP contribution is 2.44. The van der Waals surface area contributed by atoms with E-state index in [0.717, 1.165) is 60.5 Å². The van der Waals surface area contributed by atoms with Crippen LogP contribution in [-0.2, 0) is 4.74 Å². The Bertz CT molecular complexity index is 1020. The Morgan fingerprint density at radius 3 is 2.69 bits per heavy atom. The van der Waals surface area contributed by atoms with Crippen molar-refractivity contribution in [3.8, 4) is 16.9 Å². The largest absolute Gasteiger partial charge is 0.493 e. The summed E-state index contributed by atoms with van der Waals surface area (Å²) >= 11 is 0. The Labute approximate surface area is 190 Å². The van der Waals surface area contributed by atoms with Gasteiger partial charge < -0.3 is 14.8 Å². The van der Waals surface area contributed by atoms with E-state index in [4.69, 9.17) is 9.47 Å². The monoisotopic (exact) mass is 432 g/mol. The maximum absolute atomic E-state index is 12.9. The summed E-state index contributed by atoms with van der Waals surface area (Å²) < 4.78 is 12.1. The number of carbonyl (C=O) groups is 1. The van der Waals surface area contributed by atoms with Gasteiger partial charge in [-0.15, -0.1) is 0 Å². The molecule has 0 aliphatic carbocycles. The molecular formula is C27H32N2O3. The fourth-order valence-electron chi connectivity index (χ4n) is 5.30. The predicted octanol–water partition coefficient (Wildman–Crippen LogP) is 5.28. The molecule has 4 heterocycles. The smallest absolute Gasteiger partial charge is 0.407 e. The Hall–Kier alpha value is -2.79. The minimum atomic E-state index is -0.322. The van der Waals surface area contributed by atoms with Crippen molar-refractivity contribution in [2.45, 2.75) is 38.8 Å². The number of hydrogen-bond donors (Lipinski definition) is 1. The summed E-state index contributed by atoms with van der Waals surface area (Å²) in [6.45, 7) is 11.8. The number of ether oxygens (including phenoxy) is 2. The van der Waals surface area contributed by atoms with E-state index in [0.29, 0.717) is 12.5 Å². The normalized spacial score (nSPS) is 27.7. The van der Waals surface area contributed by atoms with Crippen LogP contribution in [-0.4, -0.2) is 43.3 Å². The maximum Gasteiger partial charge on any atom is 0.407 e. The average molecular weight is 433 g/mol. The van der Waals surface area contributed by atoms with Gasteiger partial charge in [-0.1, -0.05) is 56.8 Å². The molecule has 5 heteroatoms. The van der Waals surface area contributed by atoms with Gasteiger partial charge in [0.1, 0.15) is 11.9 Å². The molecule has 0 saturated carbocycles. The van der Waals surface area contributed by atoms with Crippen molar-refractivity contribution in [2.24, 2.45) is 11.3 Å². The molecule has 1 unspecified atom stereocenters. The summed E-state index contributed by atoms with van der Waals surface area (Å²) in [5.41, 5.74) is 4.03. The Kier molecular flexibility index (Phi) is 5.46. The molecule has 2 atom stereocenters. The molecule has 0 radical (unpaired) electrons. The van der Waals surface area contributed by atoms with Gasteiger partial charge in [-0.3, -0.25) is 4.90 Å². The summed E-state index contributed by atoms with van der Waals surface area (Å²) in [5.74, 6) is 1.31. The fraction of sp³-hybridized carbons (Fsp3) is 0.444. The lowest BCUT2D eigenvalue weighted by atomic mass is 9.78. The molecule has 3 fully saturated rings. The van der Waals surface area contributed by atoms with Crippen LogP contribution >= 0.6 is 0 Å². The summed E-state index contributed by atoms with van der Waals surface area (Å²) in [4.78, 5) is 15.3. The third-order valence-corrected chi connectivity index (χ3v) is 7.28. The van der Waals surface area contributed by atoms with Crippen LogP contribution in [0.15, 0.2) is 49.0 Å². The topological polar surface area (TPSA) is 50.8 Å². The quantitative estimate of drug-likeness (QED) is 0.714. The van der Waals surface area contributed by atoms with Gasteiger partial charge in [0.25, 0.3) is 0 Å². The van der Waals surface area contributed by atoms with Gasteiger partial charge in [0, 0.05) is 17.5 Å². The number of carbonyl (C=O) groups excluding carboxylic acids is 1. The van der Waals surface area contributed by atoms with Crippen LogP contribution in [0.4, 0.5) is 4.79 Å². The Balaban J connectivity index is 1.36. The van der Waals surface area contributed by atoms with Gasteiger partial charge >= 0.3 is 6.09 Å². The number of alkyl carbamates (subject to hydrolysis) is 1. The third kappa shape index (κ3) is 4.02. The number of fused-ring (bicyclic) bond motifs is 4. The van der Waals surface area contributed by atoms with E-state index >= 15 is 0 Å². The highest BCUT2D eigenvalue weighted by molar-refractivity contribution is 5.71. The highest BCUT2D eigenvalue weighted by atomic mass is 16.6. The first-order chi connectivity index (χ1) is 15.4. The number of piperidine rings is 3. The molecule has 1 amide bonds. The van der Waals surface area contributed by atoms with Crippen molar-refractivity contribution in [1.29, 1.82) is 0 Å². The van der Waals surface area contributed by atoms with Crippen LogP contribution < -0.4 is 10.1 Å². The molecule has 0 aromatic heterocycles. The van der Waals surface area contributed by atoms with E-state index in [9.17, 15) is 4.79 Å². The molecule has 4 aliphatic heterocycles. The molecule has 168 valence electrons. The molecule has 0 spiro atoms. The average Bonchev–Trinajstić information content (AvgIpc) is 2.81. The van der Waals surface area contributed by atoms with E-state index in [1.54, 1.807) is 0 Å². The lowest BCUT2D eigenvalue weighted by Gasteiger charge is -2.44. The van der Waals surface area contributed by atoms with Crippen molar-refractivity contribution in [3.63, 3.8) is 0 Å². The van der Waals surface area contributed by atoms with Crippen LogP contribution in [0.25, 0.3) is 17.2 Å². The van der Waals surface area contributed by atoms with Crippen molar-refractivity contribution in [2.75, 3.05) is 26.2 Å². The molecule has 6 rings (SSSR count). The summed E-state index contributed by atoms with van der Waals surface area (Å²) in [5, 5.41) is 3.18. The van der Waals surface area contributed by atoms with Gasteiger partial charge in [0.05, 0.1) is 12.6 Å². The predicted molar refractivity (Wildman–Crippen MR) is 127 cm³/mol. The second-order valence-corrected chi connectivity index (χ2v) is 10.0. The van der Waals surface area contributed by atoms with Gasteiger partial charge in [-0.05, 0) is 60.7 Å². The first-order valence-corrected chi connectivity index (χ1v) is 11.6. The zero-order chi connectivity index (χ0) is 22.3. The summed E-state index contributed by atoms with van der Waals surface area (Å²) in [6, 6.07) is 14.3. The third-order valence-electron chi connectivity index (χ3n) is 7.28. The lowest BCUT2D eigenvalue weighted by molar-refractivity contribution is -0.0361. The second-order valence-electron chi connectivity index (χ2n) is 10.0. The molecule has 5 nitrogen and oxygen atoms in total. The van der Waals surface area contributed by atoms with E-state index in [-0.39, 0.29) is 23.7 Å². The van der Waals surface area contributed by atoms with Gasteiger partial charge in [-0.25, -0.2) is 4.79 Å². The number of rotatable bonds is 4. The molecule has 2 aromatic carbocycles. The van der Waals surface area contributed by atoms with Crippen molar-refractivity contribution < 1.29 is 14.3 Å². The number of benzene rings is 2. The van der Waals surface area contributed by atoms with Crippen molar-refractivity contribution in [3.05, 3.63) is 60.2 Å². The van der Waals surface area contributed by atoms with E-state index < -0.39 is 0 Å². The minimum absolute atomic E-state index is 0.000522. The van der Waals surface area contributed by atoms with Crippen LogP contribution in [0, 0.1) is 11.3 Å². The van der Waals surface area contributed by atoms with Crippen LogP contribution in [0.2, 0.25) is 0 Å². The van der Waals surface area contributed by atoms with Gasteiger partial charge in [-0.2, -0.15) is 0 Å². The standard InChI is InChI=1S/C27H32N2O3/c1-4-18-6-5-7-20(14-18)21-8-9-22-23(15-21)31-17-27(2,3)25(22)28-26(30)32-24-16-29-12-10-19(24)11-13-29/h4-9,14-15,19,24-25H,1,10-13,16-17H2,2-3H3,(H,28,30)/t24-,25?/m1/s1. The van der Waals surface area contributed by atoms with E-state index in [1.807, 2.05) is 18.2 Å². The van der Waals surface area contributed by atoms with Gasteiger partial charge in [0.2, 0.25) is 0 Å². The highest BCUT2D eigenvalue weighted by Gasteiger charge is 2.41. The summed E-state index contributed by atoms with van der Waals surface area (Å²) in [6.07, 6.45) is 3.78. The Morgan fingerprint density at radius 2 is 1.97 bits per heavy atom. The zero-order valence-corrected chi connectivity index (χ0v) is 19.0. The number of amides is 1. The Morgan fingerprint density at radius 1 is 1.19 bits per heavy atom. The van der Waals surface area contributed by atoms with Gasteiger partial charge in [0.15, 0.2) is 0 Å². The molecule has 32 heavy (non-hydrogen) atoms. The first-order valence-electron chi connectivity index (χ1n) is 11.6. The van der Waals surface area contributed by atoms with E-state index in [2.05, 4.69) is 61.0 Å². The second kappa shape index (κ2) is 8.28. The molecule has 2 bridgehead atoms. The lowest BCUT2D eigenvalue weighted by Crippen LogP contribution is -2.53. The van der Waals surface area contributed by atoms with Crippen LogP contribution in [0.5, 0.6) is 5.75 Å². The molecular weight excluding hydrogens is 400 g/mol. The van der Waals surface area contributed by atoms with Crippen molar-refractivity contribution >= 4 is 12.2 Å². The zero-order valence-electron chi connectivity index (χ0n) is 19.0. The number of nitrogens with one attached hydrogen (secondary N) is 1. The fourth-order valence-corrected chi connectivity index (χ4v) is 5.30. The first kappa shape index (κ1) is 21.1. The summed E-state index contributed by atoms with van der Waals surface area (Å²) in [7, 11) is 0. The molecule has 3 saturated heterocycles. The minimum Gasteiger partial charge on any atom is -0.493 e. The number of nitrogens with zero attached hydrogens (tertiary/aromatic N) is 1. The SMILES string of the molecule is C=Cc1cccc(-c2ccc3c(c2)OCC(C)(C)C3NC(=O)O[C@@H]2CN3CCC2CC3)c1.